The summed E-state index contributed by atoms with van der Waals surface area (Å²) in [4.78, 5) is 14.1. The standard InChI is InChI=1S/C11H18N4O/c1-2-15-8-10(7-13-15)11(16)9-14-5-3-12-4-6-14/h7-8,12H,2-6,9H2,1H3. The number of ketones is 1. The van der Waals surface area contributed by atoms with Gasteiger partial charge in [0.1, 0.15) is 0 Å². The molecule has 0 radical (unpaired) electrons. The number of carbonyl (C=O) groups excluding carboxylic acids is 1. The monoisotopic (exact) mass is 222 g/mol. The molecule has 5 nitrogen and oxygen atoms in total. The van der Waals surface area contributed by atoms with Crippen molar-refractivity contribution < 1.29 is 4.79 Å². The third-order valence-corrected chi connectivity index (χ3v) is 2.86. The molecule has 0 saturated carbocycles. The fourth-order valence-corrected chi connectivity index (χ4v) is 1.84. The molecule has 0 aromatic carbocycles. The minimum atomic E-state index is 0.168. The summed E-state index contributed by atoms with van der Waals surface area (Å²) in [6.07, 6.45) is 3.48. The van der Waals surface area contributed by atoms with Crippen LogP contribution in [0.4, 0.5) is 0 Å². The second kappa shape index (κ2) is 5.23. The van der Waals surface area contributed by atoms with Crippen LogP contribution < -0.4 is 5.32 Å². The maximum Gasteiger partial charge on any atom is 0.179 e. The molecule has 1 saturated heterocycles. The molecule has 1 aromatic rings. The van der Waals surface area contributed by atoms with Gasteiger partial charge in [-0.15, -0.1) is 0 Å². The van der Waals surface area contributed by atoms with Gasteiger partial charge in [-0.1, -0.05) is 0 Å². The van der Waals surface area contributed by atoms with Crippen LogP contribution in [0.1, 0.15) is 17.3 Å². The van der Waals surface area contributed by atoms with Crippen LogP contribution in [0.5, 0.6) is 0 Å². The fourth-order valence-electron chi connectivity index (χ4n) is 1.84. The molecule has 1 aliphatic rings. The Labute approximate surface area is 95.4 Å². The number of nitrogens with one attached hydrogen (secondary N) is 1. The fraction of sp³-hybridized carbons (Fsp3) is 0.636. The highest BCUT2D eigenvalue weighted by atomic mass is 16.1. The van der Waals surface area contributed by atoms with E-state index in [4.69, 9.17) is 0 Å². The first kappa shape index (κ1) is 11.3. The van der Waals surface area contributed by atoms with Gasteiger partial charge in [0.2, 0.25) is 0 Å². The zero-order valence-electron chi connectivity index (χ0n) is 9.65. The van der Waals surface area contributed by atoms with Crippen molar-refractivity contribution in [3.05, 3.63) is 18.0 Å². The van der Waals surface area contributed by atoms with Gasteiger partial charge in [-0.3, -0.25) is 14.4 Å². The number of carbonyl (C=O) groups is 1. The number of hydrogen-bond acceptors (Lipinski definition) is 4. The van der Waals surface area contributed by atoms with Crippen LogP contribution in [-0.2, 0) is 6.54 Å². The SMILES string of the molecule is CCn1cc(C(=O)CN2CCNCC2)cn1. The van der Waals surface area contributed by atoms with Gasteiger partial charge in [-0.05, 0) is 6.92 Å². The summed E-state index contributed by atoms with van der Waals surface area (Å²) in [6, 6.07) is 0. The summed E-state index contributed by atoms with van der Waals surface area (Å²) in [7, 11) is 0. The quantitative estimate of drug-likeness (QED) is 0.728. The number of aromatic nitrogens is 2. The van der Waals surface area contributed by atoms with Crippen LogP contribution in [0, 0.1) is 0 Å². The summed E-state index contributed by atoms with van der Waals surface area (Å²) >= 11 is 0. The van der Waals surface area contributed by atoms with E-state index in [9.17, 15) is 4.79 Å². The van der Waals surface area contributed by atoms with Crippen molar-refractivity contribution in [3.8, 4) is 0 Å². The van der Waals surface area contributed by atoms with E-state index in [-0.39, 0.29) is 5.78 Å². The predicted molar refractivity (Wildman–Crippen MR) is 61.5 cm³/mol. The normalized spacial score (nSPS) is 17.6. The topological polar surface area (TPSA) is 50.2 Å². The third kappa shape index (κ3) is 2.68. The summed E-state index contributed by atoms with van der Waals surface area (Å²) in [5, 5.41) is 7.39. The molecule has 1 fully saturated rings. The van der Waals surface area contributed by atoms with E-state index >= 15 is 0 Å². The molecule has 0 unspecified atom stereocenters. The van der Waals surface area contributed by atoms with Crippen LogP contribution in [0.3, 0.4) is 0 Å². The van der Waals surface area contributed by atoms with E-state index in [1.54, 1.807) is 10.9 Å². The van der Waals surface area contributed by atoms with Crippen LogP contribution in [0.2, 0.25) is 0 Å². The van der Waals surface area contributed by atoms with Gasteiger partial charge in [-0.2, -0.15) is 5.10 Å². The Bertz CT molecular complexity index is 355. The molecular weight excluding hydrogens is 204 g/mol. The average Bonchev–Trinajstić information content (AvgIpc) is 2.79. The van der Waals surface area contributed by atoms with Crippen LogP contribution in [-0.4, -0.2) is 53.2 Å². The highest BCUT2D eigenvalue weighted by Gasteiger charge is 2.15. The number of hydrogen-bond donors (Lipinski definition) is 1. The number of aryl methyl sites for hydroxylation is 1. The summed E-state index contributed by atoms with van der Waals surface area (Å²) in [5.41, 5.74) is 0.723. The lowest BCUT2D eigenvalue weighted by Crippen LogP contribution is -2.45. The van der Waals surface area contributed by atoms with Crippen molar-refractivity contribution in [3.63, 3.8) is 0 Å². The zero-order chi connectivity index (χ0) is 11.4. The van der Waals surface area contributed by atoms with E-state index in [0.29, 0.717) is 6.54 Å². The lowest BCUT2D eigenvalue weighted by Gasteiger charge is -2.26. The van der Waals surface area contributed by atoms with Crippen molar-refractivity contribution >= 4 is 5.78 Å². The van der Waals surface area contributed by atoms with Crippen molar-refractivity contribution in [1.82, 2.24) is 20.0 Å². The Balaban J connectivity index is 1.91. The maximum absolute atomic E-state index is 11.9. The molecule has 88 valence electrons. The third-order valence-electron chi connectivity index (χ3n) is 2.86. The lowest BCUT2D eigenvalue weighted by molar-refractivity contribution is 0.0921. The molecule has 0 spiro atoms. The Kier molecular flexibility index (Phi) is 3.69. The molecule has 0 amide bonds. The molecule has 1 aromatic heterocycles. The molecule has 5 heteroatoms. The molecule has 2 heterocycles. The van der Waals surface area contributed by atoms with E-state index < -0.39 is 0 Å². The largest absolute Gasteiger partial charge is 0.314 e. The van der Waals surface area contributed by atoms with Gasteiger partial charge in [0.25, 0.3) is 0 Å². The van der Waals surface area contributed by atoms with Crippen molar-refractivity contribution in [2.45, 2.75) is 13.5 Å². The zero-order valence-corrected chi connectivity index (χ0v) is 9.65. The van der Waals surface area contributed by atoms with Gasteiger partial charge in [0.15, 0.2) is 5.78 Å². The Morgan fingerprint density at radius 1 is 1.50 bits per heavy atom. The van der Waals surface area contributed by atoms with Gasteiger partial charge in [0.05, 0.1) is 18.3 Å². The Morgan fingerprint density at radius 2 is 2.25 bits per heavy atom. The molecule has 0 aliphatic carbocycles. The molecule has 1 N–H and O–H groups in total. The molecule has 16 heavy (non-hydrogen) atoms. The number of nitrogens with zero attached hydrogens (tertiary/aromatic N) is 3. The van der Waals surface area contributed by atoms with Crippen molar-refractivity contribution in [1.29, 1.82) is 0 Å². The first-order valence-electron chi connectivity index (χ1n) is 5.78. The molecule has 1 aliphatic heterocycles. The first-order valence-corrected chi connectivity index (χ1v) is 5.78. The second-order valence-electron chi connectivity index (χ2n) is 4.03. The van der Waals surface area contributed by atoms with Crippen molar-refractivity contribution in [2.75, 3.05) is 32.7 Å². The van der Waals surface area contributed by atoms with Crippen LogP contribution in [0.15, 0.2) is 12.4 Å². The predicted octanol–water partition coefficient (Wildman–Crippen LogP) is -0.00910. The van der Waals surface area contributed by atoms with E-state index in [2.05, 4.69) is 15.3 Å². The van der Waals surface area contributed by atoms with E-state index in [1.807, 2.05) is 13.1 Å². The highest BCUT2D eigenvalue weighted by molar-refractivity contribution is 5.97. The first-order chi connectivity index (χ1) is 7.79. The average molecular weight is 222 g/mol. The van der Waals surface area contributed by atoms with E-state index in [1.165, 1.54) is 0 Å². The van der Waals surface area contributed by atoms with Crippen LogP contribution in [0.25, 0.3) is 0 Å². The molecular formula is C11H18N4O. The lowest BCUT2D eigenvalue weighted by atomic mass is 10.2. The smallest absolute Gasteiger partial charge is 0.179 e. The Morgan fingerprint density at radius 3 is 2.88 bits per heavy atom. The number of rotatable bonds is 4. The number of piperazine rings is 1. The summed E-state index contributed by atoms with van der Waals surface area (Å²) in [5.74, 6) is 0.168. The van der Waals surface area contributed by atoms with Crippen LogP contribution >= 0.6 is 0 Å². The summed E-state index contributed by atoms with van der Waals surface area (Å²) < 4.78 is 1.78. The van der Waals surface area contributed by atoms with Gasteiger partial charge >= 0.3 is 0 Å². The maximum atomic E-state index is 11.9. The van der Waals surface area contributed by atoms with Gasteiger partial charge in [0, 0.05) is 38.9 Å². The second-order valence-corrected chi connectivity index (χ2v) is 4.03. The minimum absolute atomic E-state index is 0.168. The van der Waals surface area contributed by atoms with E-state index in [0.717, 1.165) is 38.3 Å². The Hall–Kier alpha value is -1.20. The molecule has 0 bridgehead atoms. The number of Topliss-reactive ketones (excluding diaryl/α,β-unsaturated/α-hetero) is 1. The summed E-state index contributed by atoms with van der Waals surface area (Å²) in [6.45, 7) is 7.18. The van der Waals surface area contributed by atoms with Gasteiger partial charge < -0.3 is 5.32 Å². The minimum Gasteiger partial charge on any atom is -0.314 e. The van der Waals surface area contributed by atoms with Gasteiger partial charge in [-0.25, -0.2) is 0 Å². The molecule has 0 atom stereocenters. The highest BCUT2D eigenvalue weighted by Crippen LogP contribution is 2.02. The van der Waals surface area contributed by atoms with Crippen molar-refractivity contribution in [2.24, 2.45) is 0 Å². The molecule has 2 rings (SSSR count).